The van der Waals surface area contributed by atoms with Gasteiger partial charge in [0, 0.05) is 17.6 Å². The molecule has 2 rings (SSSR count). The fraction of sp³-hybridized carbons (Fsp3) is 0.692. The van der Waals surface area contributed by atoms with Crippen molar-refractivity contribution in [3.05, 3.63) is 16.1 Å². The molecule has 1 saturated heterocycles. The van der Waals surface area contributed by atoms with Crippen LogP contribution in [0.4, 0.5) is 4.79 Å². The van der Waals surface area contributed by atoms with Crippen molar-refractivity contribution in [3.8, 4) is 0 Å². The highest BCUT2D eigenvalue weighted by molar-refractivity contribution is 7.11. The van der Waals surface area contributed by atoms with Crippen LogP contribution < -0.4 is 5.32 Å². The first-order valence-electron chi connectivity index (χ1n) is 6.80. The predicted molar refractivity (Wildman–Crippen MR) is 75.3 cm³/mol. The molecule has 1 aliphatic rings. The lowest BCUT2D eigenvalue weighted by molar-refractivity contribution is 0.0112. The minimum Gasteiger partial charge on any atom is -0.377 e. The summed E-state index contributed by atoms with van der Waals surface area (Å²) in [6.45, 7) is 6.63. The number of hydrogen-bond donors (Lipinski definition) is 1. The lowest BCUT2D eigenvalue weighted by Gasteiger charge is -2.34. The zero-order valence-corrected chi connectivity index (χ0v) is 12.3. The fourth-order valence-corrected chi connectivity index (χ4v) is 2.91. The van der Waals surface area contributed by atoms with Crippen molar-refractivity contribution in [2.24, 2.45) is 0 Å². The molecule has 5 nitrogen and oxygen atoms in total. The van der Waals surface area contributed by atoms with E-state index in [9.17, 15) is 4.79 Å². The average molecular weight is 283 g/mol. The maximum absolute atomic E-state index is 12.2. The van der Waals surface area contributed by atoms with E-state index in [0.29, 0.717) is 26.3 Å². The molecule has 0 aliphatic carbocycles. The SMILES string of the molecule is CCc1cnc(CNC(=O)N2CCOC[C@H]2CC)s1. The number of urea groups is 1. The van der Waals surface area contributed by atoms with Gasteiger partial charge in [-0.3, -0.25) is 0 Å². The molecule has 0 aromatic carbocycles. The van der Waals surface area contributed by atoms with Crippen molar-refractivity contribution in [1.82, 2.24) is 15.2 Å². The van der Waals surface area contributed by atoms with Crippen LogP contribution in [0.15, 0.2) is 6.20 Å². The third-order valence-electron chi connectivity index (χ3n) is 3.30. The molecule has 1 aromatic rings. The number of thiazole rings is 1. The summed E-state index contributed by atoms with van der Waals surface area (Å²) in [6.07, 6.45) is 3.80. The standard InChI is InChI=1S/C13H21N3O2S/c1-3-10-9-18-6-5-16(10)13(17)15-8-12-14-7-11(4-2)19-12/h7,10H,3-6,8-9H2,1-2H3,(H,15,17)/t10-/m1/s1. The van der Waals surface area contributed by atoms with E-state index in [4.69, 9.17) is 4.74 Å². The van der Waals surface area contributed by atoms with Crippen LogP contribution in [0, 0.1) is 0 Å². The van der Waals surface area contributed by atoms with Crippen molar-refractivity contribution < 1.29 is 9.53 Å². The highest BCUT2D eigenvalue weighted by Gasteiger charge is 2.25. The monoisotopic (exact) mass is 283 g/mol. The van der Waals surface area contributed by atoms with E-state index in [0.717, 1.165) is 17.8 Å². The Hall–Kier alpha value is -1.14. The summed E-state index contributed by atoms with van der Waals surface area (Å²) in [5.74, 6) is 0. The van der Waals surface area contributed by atoms with Gasteiger partial charge in [-0.1, -0.05) is 13.8 Å². The number of carbonyl (C=O) groups is 1. The van der Waals surface area contributed by atoms with Crippen molar-refractivity contribution in [2.75, 3.05) is 19.8 Å². The number of carbonyl (C=O) groups excluding carboxylic acids is 1. The molecular weight excluding hydrogens is 262 g/mol. The number of hydrogen-bond acceptors (Lipinski definition) is 4. The number of nitrogens with zero attached hydrogens (tertiary/aromatic N) is 2. The number of ether oxygens (including phenoxy) is 1. The van der Waals surface area contributed by atoms with Crippen molar-refractivity contribution in [2.45, 2.75) is 39.3 Å². The Morgan fingerprint density at radius 2 is 2.47 bits per heavy atom. The molecular formula is C13H21N3O2S. The van der Waals surface area contributed by atoms with E-state index in [1.165, 1.54) is 4.88 Å². The van der Waals surface area contributed by atoms with Crippen LogP contribution >= 0.6 is 11.3 Å². The normalized spacial score (nSPS) is 19.5. The molecule has 0 spiro atoms. The molecule has 1 aliphatic heterocycles. The Morgan fingerprint density at radius 1 is 1.63 bits per heavy atom. The van der Waals surface area contributed by atoms with E-state index in [-0.39, 0.29) is 12.1 Å². The Balaban J connectivity index is 1.86. The summed E-state index contributed by atoms with van der Waals surface area (Å²) < 4.78 is 5.40. The van der Waals surface area contributed by atoms with Crippen LogP contribution in [0.25, 0.3) is 0 Å². The van der Waals surface area contributed by atoms with Gasteiger partial charge in [-0.15, -0.1) is 11.3 Å². The molecule has 1 fully saturated rings. The Morgan fingerprint density at radius 3 is 3.16 bits per heavy atom. The van der Waals surface area contributed by atoms with Gasteiger partial charge in [-0.25, -0.2) is 9.78 Å². The Labute approximate surface area is 118 Å². The molecule has 0 saturated carbocycles. The van der Waals surface area contributed by atoms with Crippen LogP contribution in [0.2, 0.25) is 0 Å². The van der Waals surface area contributed by atoms with Gasteiger partial charge in [-0.05, 0) is 12.8 Å². The van der Waals surface area contributed by atoms with Gasteiger partial charge in [0.25, 0.3) is 0 Å². The second kappa shape index (κ2) is 6.86. The number of nitrogens with one attached hydrogen (secondary N) is 1. The van der Waals surface area contributed by atoms with Crippen molar-refractivity contribution >= 4 is 17.4 Å². The van der Waals surface area contributed by atoms with E-state index >= 15 is 0 Å². The highest BCUT2D eigenvalue weighted by atomic mass is 32.1. The smallest absolute Gasteiger partial charge is 0.318 e. The second-order valence-electron chi connectivity index (χ2n) is 4.56. The average Bonchev–Trinajstić information content (AvgIpc) is 2.92. The number of morpholine rings is 1. The molecule has 1 atom stereocenters. The van der Waals surface area contributed by atoms with Gasteiger partial charge in [-0.2, -0.15) is 0 Å². The molecule has 0 radical (unpaired) electrons. The van der Waals surface area contributed by atoms with Crippen LogP contribution in [-0.4, -0.2) is 41.7 Å². The summed E-state index contributed by atoms with van der Waals surface area (Å²) in [5.41, 5.74) is 0. The molecule has 2 heterocycles. The van der Waals surface area contributed by atoms with Gasteiger partial charge in [0.2, 0.25) is 0 Å². The number of aromatic nitrogens is 1. The quantitative estimate of drug-likeness (QED) is 0.920. The summed E-state index contributed by atoms with van der Waals surface area (Å²) in [5, 5.41) is 3.91. The first-order valence-corrected chi connectivity index (χ1v) is 7.62. The molecule has 2 amide bonds. The maximum Gasteiger partial charge on any atom is 0.318 e. The second-order valence-corrected chi connectivity index (χ2v) is 5.76. The van der Waals surface area contributed by atoms with E-state index in [2.05, 4.69) is 24.1 Å². The Bertz CT molecular complexity index is 422. The first-order chi connectivity index (χ1) is 9.24. The highest BCUT2D eigenvalue weighted by Crippen LogP contribution is 2.14. The van der Waals surface area contributed by atoms with E-state index < -0.39 is 0 Å². The van der Waals surface area contributed by atoms with E-state index in [1.54, 1.807) is 11.3 Å². The van der Waals surface area contributed by atoms with Gasteiger partial charge >= 0.3 is 6.03 Å². The molecule has 1 N–H and O–H groups in total. The van der Waals surface area contributed by atoms with Crippen LogP contribution in [0.1, 0.15) is 30.2 Å². The van der Waals surface area contributed by atoms with Gasteiger partial charge in [0.05, 0.1) is 25.8 Å². The molecule has 19 heavy (non-hydrogen) atoms. The third-order valence-corrected chi connectivity index (χ3v) is 4.44. The lowest BCUT2D eigenvalue weighted by atomic mass is 10.2. The van der Waals surface area contributed by atoms with E-state index in [1.807, 2.05) is 11.1 Å². The predicted octanol–water partition coefficient (Wildman–Crippen LogP) is 2.03. The molecule has 0 bridgehead atoms. The van der Waals surface area contributed by atoms with Gasteiger partial charge < -0.3 is 15.0 Å². The fourth-order valence-electron chi connectivity index (χ4n) is 2.11. The summed E-state index contributed by atoms with van der Waals surface area (Å²) >= 11 is 1.66. The summed E-state index contributed by atoms with van der Waals surface area (Å²) in [6, 6.07) is 0.180. The summed E-state index contributed by atoms with van der Waals surface area (Å²) in [7, 11) is 0. The summed E-state index contributed by atoms with van der Waals surface area (Å²) in [4.78, 5) is 19.6. The third kappa shape index (κ3) is 3.67. The zero-order valence-electron chi connectivity index (χ0n) is 11.5. The first kappa shape index (κ1) is 14.3. The number of aryl methyl sites for hydroxylation is 1. The lowest BCUT2D eigenvalue weighted by Crippen LogP contribution is -2.52. The maximum atomic E-state index is 12.2. The largest absolute Gasteiger partial charge is 0.377 e. The van der Waals surface area contributed by atoms with Crippen molar-refractivity contribution in [1.29, 1.82) is 0 Å². The van der Waals surface area contributed by atoms with Crippen LogP contribution in [-0.2, 0) is 17.7 Å². The molecule has 1 aromatic heterocycles. The number of rotatable bonds is 4. The van der Waals surface area contributed by atoms with Crippen LogP contribution in [0.3, 0.4) is 0 Å². The molecule has 6 heteroatoms. The molecule has 106 valence electrons. The van der Waals surface area contributed by atoms with Gasteiger partial charge in [0.15, 0.2) is 0 Å². The zero-order chi connectivity index (χ0) is 13.7. The van der Waals surface area contributed by atoms with Crippen LogP contribution in [0.5, 0.6) is 0 Å². The minimum atomic E-state index is -0.0107. The number of amides is 2. The Kier molecular flexibility index (Phi) is 5.15. The van der Waals surface area contributed by atoms with Crippen molar-refractivity contribution in [3.63, 3.8) is 0 Å². The topological polar surface area (TPSA) is 54.5 Å². The molecule has 0 unspecified atom stereocenters. The van der Waals surface area contributed by atoms with Gasteiger partial charge in [0.1, 0.15) is 5.01 Å². The minimum absolute atomic E-state index is 0.0107.